The van der Waals surface area contributed by atoms with Crippen molar-refractivity contribution in [2.24, 2.45) is 5.92 Å². The van der Waals surface area contributed by atoms with Crippen molar-refractivity contribution in [2.45, 2.75) is 5.25 Å². The molecule has 0 bridgehead atoms. The van der Waals surface area contributed by atoms with E-state index in [4.69, 9.17) is 0 Å². The molecular weight excluding hydrogens is 258 g/mol. The molecule has 0 saturated heterocycles. The summed E-state index contributed by atoms with van der Waals surface area (Å²) in [6.07, 6.45) is 6.27. The molecule has 0 spiro atoms. The van der Waals surface area contributed by atoms with E-state index in [1.165, 1.54) is 13.1 Å². The number of carbonyl (C=O) groups excluding carboxylic acids is 1. The number of methoxy groups -OCH3 is 1. The van der Waals surface area contributed by atoms with Crippen molar-refractivity contribution in [3.8, 4) is 0 Å². The van der Waals surface area contributed by atoms with Crippen LogP contribution in [0.1, 0.15) is 0 Å². The van der Waals surface area contributed by atoms with Crippen LogP contribution in [0.5, 0.6) is 0 Å². The lowest BCUT2D eigenvalue weighted by Gasteiger charge is -2.35. The molecule has 1 aliphatic heterocycles. The maximum absolute atomic E-state index is 12.2. The topological polar surface area (TPSA) is 83.9 Å². The quantitative estimate of drug-likeness (QED) is 0.694. The Labute approximate surface area is 105 Å². The largest absolute Gasteiger partial charge is 0.509 e. The fraction of sp³-hybridized carbons (Fsp3) is 0.364. The third-order valence-corrected chi connectivity index (χ3v) is 5.15. The van der Waals surface area contributed by atoms with Gasteiger partial charge in [0.2, 0.25) is 10.0 Å². The third kappa shape index (κ3) is 1.62. The van der Waals surface area contributed by atoms with E-state index in [2.05, 4.69) is 4.74 Å². The van der Waals surface area contributed by atoms with E-state index >= 15 is 0 Å². The van der Waals surface area contributed by atoms with E-state index in [0.29, 0.717) is 0 Å². The van der Waals surface area contributed by atoms with Gasteiger partial charge in [-0.3, -0.25) is 4.31 Å². The van der Waals surface area contributed by atoms with Crippen LogP contribution >= 0.6 is 0 Å². The highest BCUT2D eigenvalue weighted by Crippen LogP contribution is 2.35. The molecule has 0 fully saturated rings. The molecule has 2 rings (SSSR count). The number of esters is 1. The predicted octanol–water partition coefficient (Wildman–Crippen LogP) is 0.315. The number of allylic oxidation sites excluding steroid dienone is 3. The first-order valence-electron chi connectivity index (χ1n) is 5.25. The number of carbonyl (C=O) groups is 1. The minimum atomic E-state index is -3.72. The molecule has 2 atom stereocenters. The Hall–Kier alpha value is -1.76. The van der Waals surface area contributed by atoms with Gasteiger partial charge in [0, 0.05) is 7.05 Å². The summed E-state index contributed by atoms with van der Waals surface area (Å²) < 4.78 is 29.7. The maximum Gasteiger partial charge on any atom is 0.358 e. The van der Waals surface area contributed by atoms with Gasteiger partial charge in [-0.2, -0.15) is 0 Å². The molecule has 0 radical (unpaired) electrons. The first-order valence-corrected chi connectivity index (χ1v) is 6.75. The van der Waals surface area contributed by atoms with Crippen LogP contribution in [0.2, 0.25) is 0 Å². The Bertz CT molecular complexity index is 572. The molecule has 1 aliphatic carbocycles. The monoisotopic (exact) mass is 271 g/mol. The summed E-state index contributed by atoms with van der Waals surface area (Å²) in [5, 5.41) is 9.17. The average Bonchev–Trinajstić information content (AvgIpc) is 2.37. The van der Waals surface area contributed by atoms with Crippen molar-refractivity contribution in [2.75, 3.05) is 14.2 Å². The minimum Gasteiger partial charge on any atom is -0.509 e. The maximum atomic E-state index is 12.2. The summed E-state index contributed by atoms with van der Waals surface area (Å²) in [5.74, 6) is -1.91. The molecule has 0 aromatic rings. The Morgan fingerprint density at radius 1 is 1.39 bits per heavy atom. The number of ether oxygens (including phenoxy) is 1. The molecule has 6 nitrogen and oxygen atoms in total. The highest BCUT2D eigenvalue weighted by atomic mass is 32.2. The van der Waals surface area contributed by atoms with Crippen LogP contribution in [0.15, 0.2) is 35.8 Å². The molecule has 1 N–H and O–H groups in total. The smallest absolute Gasteiger partial charge is 0.358 e. The normalized spacial score (nSPS) is 29.1. The van der Waals surface area contributed by atoms with Gasteiger partial charge in [-0.15, -0.1) is 0 Å². The molecule has 18 heavy (non-hydrogen) atoms. The average molecular weight is 271 g/mol. The molecule has 0 amide bonds. The molecular formula is C11H13NO5S. The SMILES string of the molecule is COC(=O)C1=C(O)[C@H]2C=CC=C[C@@H]2S(=O)(=O)N1C. The van der Waals surface area contributed by atoms with E-state index in [1.54, 1.807) is 18.2 Å². The van der Waals surface area contributed by atoms with Gasteiger partial charge in [-0.25, -0.2) is 13.2 Å². The second-order valence-electron chi connectivity index (χ2n) is 4.00. The van der Waals surface area contributed by atoms with Crippen molar-refractivity contribution in [3.05, 3.63) is 35.8 Å². The fourth-order valence-electron chi connectivity index (χ4n) is 2.08. The van der Waals surface area contributed by atoms with Crippen molar-refractivity contribution in [3.63, 3.8) is 0 Å². The second-order valence-corrected chi connectivity index (χ2v) is 6.12. The Kier molecular flexibility index (Phi) is 2.94. The van der Waals surface area contributed by atoms with Crippen LogP contribution in [0.4, 0.5) is 0 Å². The number of fused-ring (bicyclic) bond motifs is 1. The summed E-state index contributed by atoms with van der Waals surface area (Å²) in [7, 11) is -1.37. The number of hydrogen-bond acceptors (Lipinski definition) is 5. The van der Waals surface area contributed by atoms with Crippen LogP contribution in [0, 0.1) is 5.92 Å². The number of aliphatic hydroxyl groups excluding tert-OH is 1. The van der Waals surface area contributed by atoms with E-state index < -0.39 is 27.2 Å². The van der Waals surface area contributed by atoms with E-state index in [0.717, 1.165) is 11.4 Å². The van der Waals surface area contributed by atoms with Crippen LogP contribution < -0.4 is 0 Å². The summed E-state index contributed by atoms with van der Waals surface area (Å²) in [6.45, 7) is 0. The molecule has 0 aromatic heterocycles. The van der Waals surface area contributed by atoms with Gasteiger partial charge >= 0.3 is 5.97 Å². The summed E-state index contributed by atoms with van der Waals surface area (Å²) in [4.78, 5) is 11.6. The lowest BCUT2D eigenvalue weighted by molar-refractivity contribution is -0.137. The summed E-state index contributed by atoms with van der Waals surface area (Å²) in [5.41, 5.74) is -0.335. The Balaban J connectivity index is 2.63. The van der Waals surface area contributed by atoms with Crippen molar-refractivity contribution in [1.82, 2.24) is 4.31 Å². The van der Waals surface area contributed by atoms with Crippen LogP contribution in [-0.2, 0) is 19.6 Å². The van der Waals surface area contributed by atoms with Crippen molar-refractivity contribution in [1.29, 1.82) is 0 Å². The molecule has 0 aromatic carbocycles. The number of aliphatic hydroxyl groups is 1. The first-order chi connectivity index (χ1) is 8.41. The van der Waals surface area contributed by atoms with Crippen molar-refractivity contribution < 1.29 is 23.1 Å². The first kappa shape index (κ1) is 12.7. The van der Waals surface area contributed by atoms with Gasteiger partial charge in [0.05, 0.1) is 13.0 Å². The molecule has 2 aliphatic rings. The molecule has 0 unspecified atom stereocenters. The van der Waals surface area contributed by atoms with E-state index in [9.17, 15) is 18.3 Å². The minimum absolute atomic E-state index is 0.287. The third-order valence-electron chi connectivity index (χ3n) is 3.06. The van der Waals surface area contributed by atoms with Gasteiger partial charge in [-0.05, 0) is 0 Å². The molecule has 0 saturated carbocycles. The van der Waals surface area contributed by atoms with Gasteiger partial charge < -0.3 is 9.84 Å². The Morgan fingerprint density at radius 2 is 2.00 bits per heavy atom. The van der Waals surface area contributed by atoms with E-state index in [-0.39, 0.29) is 11.5 Å². The molecule has 7 heteroatoms. The second kappa shape index (κ2) is 4.16. The van der Waals surface area contributed by atoms with Gasteiger partial charge in [0.1, 0.15) is 11.0 Å². The zero-order chi connectivity index (χ0) is 13.5. The Morgan fingerprint density at radius 3 is 2.61 bits per heavy atom. The standard InChI is InChI=1S/C11H13NO5S/c1-12-9(11(14)17-2)10(13)7-5-3-4-6-8(7)18(12,15)16/h3-8,13H,1-2H3/t7-,8-/m0/s1. The lowest BCUT2D eigenvalue weighted by Crippen LogP contribution is -2.46. The van der Waals surface area contributed by atoms with Gasteiger partial charge in [0.15, 0.2) is 5.70 Å². The van der Waals surface area contributed by atoms with Crippen LogP contribution in [0.3, 0.4) is 0 Å². The number of sulfonamides is 1. The zero-order valence-corrected chi connectivity index (χ0v) is 10.7. The summed E-state index contributed by atoms with van der Waals surface area (Å²) >= 11 is 0. The number of hydrogen-bond donors (Lipinski definition) is 1. The van der Waals surface area contributed by atoms with Gasteiger partial charge in [-0.1, -0.05) is 24.3 Å². The van der Waals surface area contributed by atoms with Crippen LogP contribution in [0.25, 0.3) is 0 Å². The molecule has 1 heterocycles. The highest BCUT2D eigenvalue weighted by Gasteiger charge is 2.46. The highest BCUT2D eigenvalue weighted by molar-refractivity contribution is 7.90. The fourth-order valence-corrected chi connectivity index (χ4v) is 3.74. The van der Waals surface area contributed by atoms with Gasteiger partial charge in [0.25, 0.3) is 0 Å². The lowest BCUT2D eigenvalue weighted by atomic mass is 9.96. The molecule has 98 valence electrons. The number of likely N-dealkylation sites (N-methyl/N-ethyl adjacent to an activating group) is 1. The summed E-state index contributed by atoms with van der Waals surface area (Å²) in [6, 6.07) is 0. The van der Waals surface area contributed by atoms with Crippen LogP contribution in [-0.4, -0.2) is 43.2 Å². The number of nitrogens with zero attached hydrogens (tertiary/aromatic N) is 1. The van der Waals surface area contributed by atoms with E-state index in [1.807, 2.05) is 0 Å². The van der Waals surface area contributed by atoms with Crippen molar-refractivity contribution >= 4 is 16.0 Å². The zero-order valence-electron chi connectivity index (χ0n) is 9.90. The predicted molar refractivity (Wildman–Crippen MR) is 63.9 cm³/mol. The number of rotatable bonds is 1.